The van der Waals surface area contributed by atoms with Crippen LogP contribution in [0.4, 0.5) is 0 Å². The lowest BCUT2D eigenvalue weighted by Crippen LogP contribution is -2.66. The van der Waals surface area contributed by atoms with Gasteiger partial charge in [-0.25, -0.2) is 0 Å². The lowest BCUT2D eigenvalue weighted by Gasteiger charge is -2.62. The lowest BCUT2D eigenvalue weighted by molar-refractivity contribution is -0.289. The van der Waals surface area contributed by atoms with Crippen LogP contribution in [0.25, 0.3) is 0 Å². The van der Waals surface area contributed by atoms with Gasteiger partial charge in [-0.1, -0.05) is 64.8 Å². The highest BCUT2D eigenvalue weighted by molar-refractivity contribution is 5.45. The van der Waals surface area contributed by atoms with Crippen LogP contribution in [-0.2, 0) is 44.6 Å². The minimum Gasteiger partial charge on any atom is -0.392 e. The number of aliphatic hydroxyl groups is 7. The van der Waals surface area contributed by atoms with Crippen molar-refractivity contribution in [1.82, 2.24) is 9.97 Å². The molecule has 4 saturated carbocycles. The summed E-state index contributed by atoms with van der Waals surface area (Å²) in [5.74, 6) is -2.32. The van der Waals surface area contributed by atoms with Crippen LogP contribution < -0.4 is 0 Å². The Kier molecular flexibility index (Phi) is 9.00. The monoisotopic (exact) mass is 929 g/mol. The van der Waals surface area contributed by atoms with Crippen LogP contribution in [0.1, 0.15) is 136 Å². The van der Waals surface area contributed by atoms with Crippen molar-refractivity contribution in [2.24, 2.45) is 69.0 Å². The molecule has 4 saturated heterocycles. The van der Waals surface area contributed by atoms with Gasteiger partial charge in [0.2, 0.25) is 0 Å². The highest BCUT2D eigenvalue weighted by atomic mass is 16.7. The fourth-order valence-corrected chi connectivity index (χ4v) is 19.0. The van der Waals surface area contributed by atoms with Gasteiger partial charge in [0.05, 0.1) is 65.5 Å². The quantitative estimate of drug-likeness (QED) is 0.181. The Morgan fingerprint density at radius 3 is 1.57 bits per heavy atom. The largest absolute Gasteiger partial charge is 0.392 e. The number of aliphatic hydroxyl groups excluding tert-OH is 3. The molecule has 67 heavy (non-hydrogen) atoms. The van der Waals surface area contributed by atoms with Crippen molar-refractivity contribution in [2.45, 2.75) is 203 Å². The zero-order chi connectivity index (χ0) is 47.2. The standard InChI is InChI=1S/C54H76N2O11/c1-26-51(13-11-45(3,60)24-64-51)66-42-20-32-30-10-9-28-15-35-37(22-47(28,5)31(30)18-40(58)49(32,7)53(26,42)62)56-36-16-29-17-39(57)44-33(48(29,6)23-38(36)55-35)19-41(59)50(8)34(44)21-43-54(50,63)27(2)52(67-43)14-12-46(4,61)25-65-52/h20-21,26-31,33,39-44,57-63H,9-19,22-25H2,1-8H3/t26-,27-,28+,29-,30-,31+,33+,39+,40-,41-,42+,43+,44-,45-,46+,47+,48+,49-,50-,51-,52-,53-,54-/m1/s1. The predicted octanol–water partition coefficient (Wildman–Crippen LogP) is 4.41. The first-order valence-electron chi connectivity index (χ1n) is 26.2. The molecule has 368 valence electrons. The number of ether oxygens (including phenoxy) is 4. The van der Waals surface area contributed by atoms with E-state index >= 15 is 0 Å². The molecule has 0 bridgehead atoms. The van der Waals surface area contributed by atoms with Gasteiger partial charge in [0.15, 0.2) is 11.6 Å². The van der Waals surface area contributed by atoms with E-state index in [0.717, 1.165) is 66.0 Å². The van der Waals surface area contributed by atoms with E-state index in [1.54, 1.807) is 13.8 Å². The molecule has 8 aliphatic carbocycles. The van der Waals surface area contributed by atoms with Crippen molar-refractivity contribution in [2.75, 3.05) is 13.2 Å². The van der Waals surface area contributed by atoms with E-state index in [9.17, 15) is 35.7 Å². The molecule has 13 heteroatoms. The molecule has 0 unspecified atom stereocenters. The van der Waals surface area contributed by atoms with Crippen LogP contribution in [0.2, 0.25) is 0 Å². The van der Waals surface area contributed by atoms with E-state index in [-0.39, 0.29) is 53.6 Å². The molecule has 1 aromatic rings. The number of nitrogens with zero attached hydrogens (tertiary/aromatic N) is 2. The summed E-state index contributed by atoms with van der Waals surface area (Å²) in [6.07, 6.45) is 9.22. The summed E-state index contributed by atoms with van der Waals surface area (Å²) < 4.78 is 26.1. The van der Waals surface area contributed by atoms with Gasteiger partial charge in [-0.2, -0.15) is 0 Å². The Morgan fingerprint density at radius 2 is 1.04 bits per heavy atom. The number of aromatic nitrogens is 2. The maximum absolute atomic E-state index is 12.9. The second-order valence-corrected chi connectivity index (χ2v) is 26.4. The van der Waals surface area contributed by atoms with Gasteiger partial charge < -0.3 is 54.7 Å². The van der Waals surface area contributed by atoms with E-state index in [1.165, 1.54) is 0 Å². The normalized spacial score (nSPS) is 60.0. The Morgan fingerprint density at radius 1 is 0.567 bits per heavy atom. The van der Waals surface area contributed by atoms with Crippen LogP contribution in [0.5, 0.6) is 0 Å². The van der Waals surface area contributed by atoms with Gasteiger partial charge in [-0.3, -0.25) is 9.97 Å². The summed E-state index contributed by atoms with van der Waals surface area (Å²) in [6, 6.07) is 0. The lowest BCUT2D eigenvalue weighted by atomic mass is 9.43. The molecule has 5 heterocycles. The smallest absolute Gasteiger partial charge is 0.174 e. The highest BCUT2D eigenvalue weighted by Gasteiger charge is 2.79. The molecule has 4 aliphatic heterocycles. The predicted molar refractivity (Wildman–Crippen MR) is 243 cm³/mol. The third kappa shape index (κ3) is 5.25. The minimum absolute atomic E-state index is 0.0378. The first-order chi connectivity index (χ1) is 31.3. The molecule has 0 amide bonds. The first-order valence-corrected chi connectivity index (χ1v) is 26.2. The number of hydrogen-bond donors (Lipinski definition) is 7. The fraction of sp³-hybridized carbons (Fsp3) is 0.852. The Balaban J connectivity index is 0.774. The third-order valence-corrected chi connectivity index (χ3v) is 23.4. The van der Waals surface area contributed by atoms with Crippen molar-refractivity contribution in [3.8, 4) is 0 Å². The molecule has 12 aliphatic rings. The van der Waals surface area contributed by atoms with Gasteiger partial charge in [-0.05, 0) is 125 Å². The highest BCUT2D eigenvalue weighted by Crippen LogP contribution is 2.73. The Hall–Kier alpha value is -1.88. The number of hydrogen-bond acceptors (Lipinski definition) is 13. The molecule has 0 aromatic carbocycles. The SMILES string of the molecule is C[C@@H]1[C@@]2(CC[C@](C)(O)CO2)O[C@H]2C=C3[C@@H]4[C@@H](O)C[C@H]5Cc6nc7c(nc6C[C@]5(C)[C@H]4C[C@@H](O)[C@]3(C)[C@]21O)C[C@@H]1CC[C@H]2C3=C[C@@H]4O[C@]5(CC[C@@](C)(O)CO5)[C@@H](C)[C@]4(O)[C@@]3(C)[C@H](O)C[C@@H]2[C@@]1(C)C7. The summed E-state index contributed by atoms with van der Waals surface area (Å²) in [4.78, 5) is 11.1. The van der Waals surface area contributed by atoms with Crippen molar-refractivity contribution in [1.29, 1.82) is 0 Å². The number of rotatable bonds is 0. The Labute approximate surface area is 395 Å². The van der Waals surface area contributed by atoms with Gasteiger partial charge >= 0.3 is 0 Å². The average Bonchev–Trinajstić information content (AvgIpc) is 3.82. The summed E-state index contributed by atoms with van der Waals surface area (Å²) in [5, 5.41) is 84.4. The molecular weight excluding hydrogens is 853 g/mol. The fourth-order valence-electron chi connectivity index (χ4n) is 19.0. The van der Waals surface area contributed by atoms with Gasteiger partial charge in [0.1, 0.15) is 23.4 Å². The van der Waals surface area contributed by atoms with Gasteiger partial charge in [-0.15, -0.1) is 0 Å². The molecule has 13 rings (SSSR count). The molecule has 0 radical (unpaired) electrons. The summed E-state index contributed by atoms with van der Waals surface area (Å²) >= 11 is 0. The minimum atomic E-state index is -1.45. The first kappa shape index (κ1) is 45.0. The molecule has 8 fully saturated rings. The second kappa shape index (κ2) is 13.4. The molecule has 7 N–H and O–H groups in total. The molecular formula is C54H76N2O11. The second-order valence-electron chi connectivity index (χ2n) is 26.4. The maximum Gasteiger partial charge on any atom is 0.174 e. The maximum atomic E-state index is 12.9. The van der Waals surface area contributed by atoms with E-state index in [0.29, 0.717) is 57.3 Å². The topological polar surface area (TPSA) is 204 Å². The number of fused-ring (bicyclic) bond motifs is 16. The average molecular weight is 929 g/mol. The summed E-state index contributed by atoms with van der Waals surface area (Å²) in [5.41, 5.74) is -0.720. The van der Waals surface area contributed by atoms with Crippen LogP contribution in [0.15, 0.2) is 23.3 Å². The molecule has 2 spiro atoms. The van der Waals surface area contributed by atoms with E-state index in [1.807, 2.05) is 26.8 Å². The molecule has 23 atom stereocenters. The summed E-state index contributed by atoms with van der Waals surface area (Å²) in [6.45, 7) is 16.6. The van der Waals surface area contributed by atoms with Crippen molar-refractivity contribution in [3.63, 3.8) is 0 Å². The van der Waals surface area contributed by atoms with Gasteiger partial charge in [0.25, 0.3) is 0 Å². The van der Waals surface area contributed by atoms with Crippen LogP contribution in [0.3, 0.4) is 0 Å². The van der Waals surface area contributed by atoms with E-state index in [4.69, 9.17) is 28.9 Å². The van der Waals surface area contributed by atoms with Crippen molar-refractivity contribution in [3.05, 3.63) is 46.1 Å². The third-order valence-electron chi connectivity index (χ3n) is 23.4. The van der Waals surface area contributed by atoms with E-state index < -0.39 is 87.2 Å². The van der Waals surface area contributed by atoms with Crippen LogP contribution in [0, 0.1) is 69.0 Å². The molecule has 13 nitrogen and oxygen atoms in total. The zero-order valence-corrected chi connectivity index (χ0v) is 40.9. The molecule has 1 aromatic heterocycles. The Bertz CT molecular complexity index is 2370. The van der Waals surface area contributed by atoms with Crippen molar-refractivity contribution >= 4 is 0 Å². The van der Waals surface area contributed by atoms with Crippen LogP contribution in [-0.4, -0.2) is 123 Å². The van der Waals surface area contributed by atoms with Gasteiger partial charge in [0, 0.05) is 41.4 Å². The van der Waals surface area contributed by atoms with Crippen molar-refractivity contribution < 1.29 is 54.7 Å². The summed E-state index contributed by atoms with van der Waals surface area (Å²) in [7, 11) is 0. The van der Waals surface area contributed by atoms with Crippen LogP contribution >= 0.6 is 0 Å². The van der Waals surface area contributed by atoms with E-state index in [2.05, 4.69) is 26.8 Å². The zero-order valence-electron chi connectivity index (χ0n) is 40.9.